The average Bonchev–Trinajstić information content (AvgIpc) is 3.10. The summed E-state index contributed by atoms with van der Waals surface area (Å²) in [6, 6.07) is 3.50. The summed E-state index contributed by atoms with van der Waals surface area (Å²) < 4.78 is 70.9. The van der Waals surface area contributed by atoms with Crippen molar-refractivity contribution in [2.45, 2.75) is 158 Å². The Bertz CT molecular complexity index is 752. The molecule has 0 spiro atoms. The van der Waals surface area contributed by atoms with Crippen LogP contribution in [0.2, 0.25) is 96.2 Å². The minimum absolute atomic E-state index is 0. The van der Waals surface area contributed by atoms with Crippen molar-refractivity contribution in [2.24, 2.45) is 0 Å². The van der Waals surface area contributed by atoms with E-state index >= 15 is 0 Å². The minimum atomic E-state index is -4.04. The molecule has 25 heteroatoms. The predicted molar refractivity (Wildman–Crippen MR) is 317 cm³/mol. The van der Waals surface area contributed by atoms with E-state index in [1.165, 1.54) is 13.2 Å². The van der Waals surface area contributed by atoms with Crippen molar-refractivity contribution in [1.29, 1.82) is 0 Å². The summed E-state index contributed by atoms with van der Waals surface area (Å²) >= 11 is 9.54. The molecule has 0 rings (SSSR count). The van der Waals surface area contributed by atoms with Crippen LogP contribution >= 0.6 is 98.4 Å². The topological polar surface area (TPSA) is 125 Å². The van der Waals surface area contributed by atoms with E-state index in [-0.39, 0.29) is 114 Å². The van der Waals surface area contributed by atoms with Crippen LogP contribution in [0.25, 0.3) is 0 Å². The zero-order chi connectivity index (χ0) is 45.8. The standard InChI is InChI=1S/C9H22O3Si.C7H18O3Si.C7H17O2Si.C6H13F3OSi.C4H12OSi.4CH4.I3.I2.HI.Y/c1-10-7-8-12-6-5-9-13(3,4)11-2;1-11(2,9)7-3-5-10-6-4-8;1-10(2)7-3-5-9-6-4-8;1-10-11(2,3)5-4-6(7,8)9;1-5-6(2,3)4;;;;;1-3-2;1-2;;/h5-9H2,1-4H3;8-9H,3-7H2,1-2H3;8H,3-7H2,1-2H3;4-5H2,1-3H3;1-4H3;4*1H4;;;1H;/q;;;;;;;;;-1;;;. The summed E-state index contributed by atoms with van der Waals surface area (Å²) in [7, 11) is 0.314. The van der Waals surface area contributed by atoms with E-state index in [4.69, 9.17) is 42.4 Å². The van der Waals surface area contributed by atoms with Crippen LogP contribution in [0, 0.1) is 0 Å². The van der Waals surface area contributed by atoms with Crippen molar-refractivity contribution < 1.29 is 106 Å². The fourth-order valence-corrected chi connectivity index (χ4v) is 7.11. The molecule has 0 aliphatic heterocycles. The molecule has 0 amide bonds. The molecule has 62 heavy (non-hydrogen) atoms. The molecule has 0 bridgehead atoms. The molecule has 0 fully saturated rings. The van der Waals surface area contributed by atoms with Crippen molar-refractivity contribution >= 4 is 141 Å². The van der Waals surface area contributed by atoms with Crippen molar-refractivity contribution in [3.63, 3.8) is 0 Å². The van der Waals surface area contributed by atoms with Gasteiger partial charge >= 0.3 is 56.7 Å². The fourth-order valence-electron chi connectivity index (χ4n) is 2.96. The van der Waals surface area contributed by atoms with Crippen molar-refractivity contribution in [1.82, 2.24) is 0 Å². The first-order chi connectivity index (χ1) is 25.7. The van der Waals surface area contributed by atoms with Gasteiger partial charge < -0.3 is 47.2 Å². The van der Waals surface area contributed by atoms with Crippen molar-refractivity contribution in [2.75, 3.05) is 87.9 Å². The van der Waals surface area contributed by atoms with Gasteiger partial charge in [-0.05, 0) is 96.3 Å². The van der Waals surface area contributed by atoms with E-state index in [1.807, 2.05) is 13.1 Å². The zero-order valence-corrected chi connectivity index (χ0v) is 59.2. The second-order valence-electron chi connectivity index (χ2n) is 15.0. The monoisotopic (exact) mass is 1750 g/mol. The number of aliphatic hydroxyl groups is 2. The second-order valence-corrected chi connectivity index (χ2v) is 51.8. The summed E-state index contributed by atoms with van der Waals surface area (Å²) in [4.78, 5) is 9.41. The molecule has 0 atom stereocenters. The van der Waals surface area contributed by atoms with E-state index in [9.17, 15) is 18.0 Å². The van der Waals surface area contributed by atoms with Crippen LogP contribution in [0.5, 0.6) is 0 Å². The maximum absolute atomic E-state index is 11.7. The number of ether oxygens (including phenoxy) is 4. The van der Waals surface area contributed by atoms with E-state index in [1.54, 1.807) is 34.4 Å². The molecule has 2 radical (unpaired) electrons. The first-order valence-corrected chi connectivity index (χ1v) is 52.7. The molecule has 0 unspecified atom stereocenters. The van der Waals surface area contributed by atoms with Crippen LogP contribution in [0.4, 0.5) is 13.2 Å². The predicted octanol–water partition coefficient (Wildman–Crippen LogP) is 11.6. The van der Waals surface area contributed by atoms with Gasteiger partial charge in [0.05, 0.1) is 39.6 Å². The maximum Gasteiger partial charge on any atom is 0 e. The Hall–Kier alpha value is 5.96. The van der Waals surface area contributed by atoms with Gasteiger partial charge in [-0.25, -0.2) is 0 Å². The third kappa shape index (κ3) is 132. The Morgan fingerprint density at radius 2 is 0.903 bits per heavy atom. The van der Waals surface area contributed by atoms with E-state index in [2.05, 4.69) is 120 Å². The van der Waals surface area contributed by atoms with Gasteiger partial charge in [-0.1, -0.05) is 48.8 Å². The number of aliphatic hydroxyl groups excluding tert-OH is 2. The Kier molecular flexibility index (Phi) is 116. The van der Waals surface area contributed by atoms with Gasteiger partial charge in [0.25, 0.3) is 0 Å². The van der Waals surface area contributed by atoms with Crippen LogP contribution in [-0.4, -0.2) is 151 Å². The van der Waals surface area contributed by atoms with Gasteiger partial charge in [0.2, 0.25) is 0 Å². The molecule has 394 valence electrons. The summed E-state index contributed by atoms with van der Waals surface area (Å²) in [5.41, 5.74) is 0. The third-order valence-electron chi connectivity index (χ3n) is 6.74. The Morgan fingerprint density at radius 3 is 1.18 bits per heavy atom. The van der Waals surface area contributed by atoms with Gasteiger partial charge in [-0.3, -0.25) is 0 Å². The molecule has 0 aromatic heterocycles. The Labute approximate surface area is 485 Å². The molecule has 3 N–H and O–H groups in total. The van der Waals surface area contributed by atoms with Gasteiger partial charge in [-0.15, -0.1) is 24.0 Å². The number of hydrogen-bond acceptors (Lipinski definition) is 10. The molecule has 0 saturated carbocycles. The summed E-state index contributed by atoms with van der Waals surface area (Å²) in [6.45, 7) is 27.7. The SMILES string of the molecule is C.C.C.C.COCCOCCC[Si](C)(C)OC.CO[Si](C)(C)C.CO[Si](C)(C)CCC(F)(F)F.C[Si](C)(O)CCCOCCO.C[Si](C)CCCOCCO.I.II.I[I-]I.[Y]. The summed E-state index contributed by atoms with van der Waals surface area (Å²) in [5.74, 6) is 0. The maximum atomic E-state index is 11.7. The van der Waals surface area contributed by atoms with E-state index < -0.39 is 45.9 Å². The Balaban J connectivity index is -0.0000000423. The normalized spacial score (nSPS) is 10.4. The largest absolute Gasteiger partial charge is 0 e. The summed E-state index contributed by atoms with van der Waals surface area (Å²) in [6.07, 6.45) is -1.61. The van der Waals surface area contributed by atoms with Crippen LogP contribution in [0.1, 0.15) is 55.4 Å². The number of hydrogen-bond donors (Lipinski definition) is 3. The average molecular weight is 1750 g/mol. The van der Waals surface area contributed by atoms with Crippen LogP contribution in [0.3, 0.4) is 0 Å². The molecule has 0 aromatic carbocycles. The van der Waals surface area contributed by atoms with E-state index in [0.29, 0.717) is 46.3 Å². The Morgan fingerprint density at radius 1 is 0.581 bits per heavy atom. The quantitative estimate of drug-likeness (QED) is 0.0489. The third-order valence-corrected chi connectivity index (χ3v) is 16.1. The number of rotatable bonds is 24. The molecule has 10 nitrogen and oxygen atoms in total. The fraction of sp³-hybridized carbons (Fsp3) is 1.00. The van der Waals surface area contributed by atoms with Crippen LogP contribution in [-0.2, 0) is 64.9 Å². The van der Waals surface area contributed by atoms with Gasteiger partial charge in [0, 0.05) is 133 Å². The van der Waals surface area contributed by atoms with E-state index in [0.717, 1.165) is 44.6 Å². The molecule has 0 heterocycles. The number of alkyl halides is 3. The number of halogens is 9. The zero-order valence-electron chi connectivity index (χ0n) is 38.2. The van der Waals surface area contributed by atoms with Gasteiger partial charge in [0.1, 0.15) is 0 Å². The molecule has 0 saturated heterocycles. The molecule has 0 aliphatic carbocycles. The smallest absolute Gasteiger partial charge is 0 e. The van der Waals surface area contributed by atoms with Crippen molar-refractivity contribution in [3.05, 3.63) is 0 Å². The molecule has 0 aliphatic rings. The molecule has 0 aromatic rings. The first kappa shape index (κ1) is 101. The van der Waals surface area contributed by atoms with Gasteiger partial charge in [-0.2, -0.15) is 13.2 Å². The van der Waals surface area contributed by atoms with Crippen molar-refractivity contribution in [3.8, 4) is 0 Å². The molecular weight excluding hydrogens is 1650 g/mol. The van der Waals surface area contributed by atoms with Crippen LogP contribution in [0.15, 0.2) is 0 Å². The van der Waals surface area contributed by atoms with Gasteiger partial charge in [0.15, 0.2) is 33.3 Å². The number of methoxy groups -OCH3 is 1. The first-order valence-electron chi connectivity index (χ1n) is 18.4. The molecular formula is C37H99F3I6O10Si5Y-. The second kappa shape index (κ2) is 71.2. The summed E-state index contributed by atoms with van der Waals surface area (Å²) in [5, 5.41) is 16.7. The minimum Gasteiger partial charge on any atom is 0 e. The van der Waals surface area contributed by atoms with Crippen LogP contribution < -0.4 is 13.3 Å².